The molecule has 17 heavy (non-hydrogen) atoms. The molecule has 0 radical (unpaired) electrons. The fourth-order valence-corrected chi connectivity index (χ4v) is 1.29. The molecule has 2 N–H and O–H groups in total. The lowest BCUT2D eigenvalue weighted by Crippen LogP contribution is -2.41. The summed E-state index contributed by atoms with van der Waals surface area (Å²) in [5, 5.41) is 0. The van der Waals surface area contributed by atoms with Crippen molar-refractivity contribution in [3.05, 3.63) is 18.2 Å². The predicted octanol–water partition coefficient (Wildman–Crippen LogP) is 1.43. The van der Waals surface area contributed by atoms with E-state index in [0.717, 1.165) is 12.2 Å². The van der Waals surface area contributed by atoms with E-state index in [1.54, 1.807) is 12.5 Å². The summed E-state index contributed by atoms with van der Waals surface area (Å²) >= 11 is 0. The minimum atomic E-state index is -0.489. The molecule has 6 heteroatoms. The quantitative estimate of drug-likeness (QED) is 0.781. The maximum atomic E-state index is 11.3. The number of carbonyl (C=O) groups is 1. The lowest BCUT2D eigenvalue weighted by Gasteiger charge is -2.19. The summed E-state index contributed by atoms with van der Waals surface area (Å²) in [6, 6.07) is 0. The number of imidazole rings is 1. The van der Waals surface area contributed by atoms with Crippen LogP contribution in [0.15, 0.2) is 12.5 Å². The van der Waals surface area contributed by atoms with Crippen LogP contribution in [0.2, 0.25) is 0 Å². The molecule has 1 aromatic rings. The second kappa shape index (κ2) is 5.67. The summed E-state index contributed by atoms with van der Waals surface area (Å²) in [6.07, 6.45) is 3.03. The Labute approximate surface area is 101 Å². The highest BCUT2D eigenvalue weighted by atomic mass is 16.6. The molecule has 0 fully saturated rings. The van der Waals surface area contributed by atoms with Gasteiger partial charge in [-0.15, -0.1) is 0 Å². The number of hydrogen-bond donors (Lipinski definition) is 2. The Morgan fingerprint density at radius 3 is 2.82 bits per heavy atom. The molecule has 0 bridgehead atoms. The lowest BCUT2D eigenvalue weighted by atomic mass is 10.2. The van der Waals surface area contributed by atoms with Crippen molar-refractivity contribution in [2.24, 2.45) is 0 Å². The van der Waals surface area contributed by atoms with Gasteiger partial charge in [0.15, 0.2) is 0 Å². The first-order valence-electron chi connectivity index (χ1n) is 5.63. The third kappa shape index (κ3) is 4.86. The van der Waals surface area contributed by atoms with Gasteiger partial charge in [0.2, 0.25) is 0 Å². The Hall–Kier alpha value is -1.56. The molecule has 96 valence electrons. The Balaban J connectivity index is 2.31. The molecular formula is C11H20N4O2. The van der Waals surface area contributed by atoms with E-state index in [1.165, 1.54) is 0 Å². The van der Waals surface area contributed by atoms with Gasteiger partial charge in [-0.05, 0) is 27.7 Å². The number of carbonyl (C=O) groups excluding carboxylic acids is 1. The average Bonchev–Trinajstić information content (AvgIpc) is 2.62. The first-order valence-corrected chi connectivity index (χ1v) is 5.63. The minimum absolute atomic E-state index is 0.486. The van der Waals surface area contributed by atoms with Crippen LogP contribution >= 0.6 is 0 Å². The van der Waals surface area contributed by atoms with Crippen LogP contribution in [0, 0.1) is 0 Å². The van der Waals surface area contributed by atoms with E-state index in [9.17, 15) is 4.79 Å². The zero-order chi connectivity index (χ0) is 12.9. The van der Waals surface area contributed by atoms with E-state index >= 15 is 0 Å². The van der Waals surface area contributed by atoms with E-state index in [4.69, 9.17) is 4.74 Å². The van der Waals surface area contributed by atoms with E-state index in [0.29, 0.717) is 6.54 Å². The maximum Gasteiger partial charge on any atom is 0.422 e. The van der Waals surface area contributed by atoms with Gasteiger partial charge < -0.3 is 9.30 Å². The molecule has 0 saturated carbocycles. The summed E-state index contributed by atoms with van der Waals surface area (Å²) in [7, 11) is 0. The largest absolute Gasteiger partial charge is 0.443 e. The van der Waals surface area contributed by atoms with Crippen LogP contribution in [0.5, 0.6) is 0 Å². The van der Waals surface area contributed by atoms with Gasteiger partial charge in [-0.1, -0.05) is 0 Å². The molecule has 0 unspecified atom stereocenters. The van der Waals surface area contributed by atoms with Crippen molar-refractivity contribution in [1.82, 2.24) is 20.4 Å². The normalized spacial score (nSPS) is 11.3. The molecule has 0 spiro atoms. The number of hydrazine groups is 1. The molecular weight excluding hydrogens is 220 g/mol. The van der Waals surface area contributed by atoms with E-state index in [2.05, 4.69) is 15.8 Å². The molecule has 1 heterocycles. The minimum Gasteiger partial charge on any atom is -0.443 e. The lowest BCUT2D eigenvalue weighted by molar-refractivity contribution is 0.0496. The summed E-state index contributed by atoms with van der Waals surface area (Å²) in [5.41, 5.74) is 5.79. The monoisotopic (exact) mass is 240 g/mol. The number of aryl methyl sites for hydroxylation is 1. The summed E-state index contributed by atoms with van der Waals surface area (Å²) in [6.45, 7) is 8.85. The van der Waals surface area contributed by atoms with Crippen molar-refractivity contribution in [3.8, 4) is 0 Å². The third-order valence-corrected chi connectivity index (χ3v) is 2.00. The van der Waals surface area contributed by atoms with Crippen molar-refractivity contribution < 1.29 is 9.53 Å². The number of nitrogens with one attached hydrogen (secondary N) is 2. The predicted molar refractivity (Wildman–Crippen MR) is 64.1 cm³/mol. The zero-order valence-electron chi connectivity index (χ0n) is 10.8. The number of rotatable bonds is 4. The number of amides is 1. The van der Waals surface area contributed by atoms with Gasteiger partial charge in [-0.2, -0.15) is 0 Å². The van der Waals surface area contributed by atoms with Gasteiger partial charge in [0, 0.05) is 12.7 Å². The Kier molecular flexibility index (Phi) is 4.51. The van der Waals surface area contributed by atoms with Gasteiger partial charge in [0.1, 0.15) is 5.60 Å². The average molecular weight is 240 g/mol. The molecule has 6 nitrogen and oxygen atoms in total. The standard InChI is InChI=1S/C11H20N4O2/c1-5-15-8-12-6-9(15)7-13-14-10(16)17-11(2,3)4/h6,8,13H,5,7H2,1-4H3,(H,14,16). The number of nitrogens with zero attached hydrogens (tertiary/aromatic N) is 2. The van der Waals surface area contributed by atoms with Crippen molar-refractivity contribution in [1.29, 1.82) is 0 Å². The second-order valence-corrected chi connectivity index (χ2v) is 4.65. The molecule has 1 amide bonds. The first kappa shape index (κ1) is 13.5. The number of ether oxygens (including phenoxy) is 1. The Morgan fingerprint density at radius 2 is 2.24 bits per heavy atom. The van der Waals surface area contributed by atoms with E-state index < -0.39 is 11.7 Å². The van der Waals surface area contributed by atoms with Crippen LogP contribution in [0.1, 0.15) is 33.4 Å². The van der Waals surface area contributed by atoms with Crippen molar-refractivity contribution in [2.75, 3.05) is 0 Å². The molecule has 0 aromatic carbocycles. The number of aromatic nitrogens is 2. The smallest absolute Gasteiger partial charge is 0.422 e. The van der Waals surface area contributed by atoms with Crippen molar-refractivity contribution >= 4 is 6.09 Å². The summed E-state index contributed by atoms with van der Waals surface area (Å²) in [5.74, 6) is 0. The highest BCUT2D eigenvalue weighted by Crippen LogP contribution is 2.06. The second-order valence-electron chi connectivity index (χ2n) is 4.65. The van der Waals surface area contributed by atoms with Gasteiger partial charge in [-0.25, -0.2) is 15.2 Å². The van der Waals surface area contributed by atoms with Gasteiger partial charge >= 0.3 is 6.09 Å². The molecule has 0 saturated heterocycles. The van der Waals surface area contributed by atoms with Crippen LogP contribution in [-0.2, 0) is 17.8 Å². The Bertz CT molecular complexity index is 368. The van der Waals surface area contributed by atoms with E-state index in [-0.39, 0.29) is 0 Å². The van der Waals surface area contributed by atoms with Gasteiger partial charge in [0.05, 0.1) is 18.6 Å². The topological polar surface area (TPSA) is 68.2 Å². The van der Waals surface area contributed by atoms with Crippen LogP contribution in [0.25, 0.3) is 0 Å². The maximum absolute atomic E-state index is 11.3. The summed E-state index contributed by atoms with van der Waals surface area (Å²) in [4.78, 5) is 15.4. The van der Waals surface area contributed by atoms with Crippen molar-refractivity contribution in [3.63, 3.8) is 0 Å². The highest BCUT2D eigenvalue weighted by molar-refractivity contribution is 5.66. The molecule has 0 aliphatic rings. The molecule has 0 aliphatic carbocycles. The van der Waals surface area contributed by atoms with Crippen LogP contribution < -0.4 is 10.9 Å². The van der Waals surface area contributed by atoms with Crippen LogP contribution in [0.4, 0.5) is 4.79 Å². The fourth-order valence-electron chi connectivity index (χ4n) is 1.29. The van der Waals surface area contributed by atoms with E-state index in [1.807, 2.05) is 32.3 Å². The first-order chi connectivity index (χ1) is 7.92. The SMILES string of the molecule is CCn1cncc1CNNC(=O)OC(C)(C)C. The highest BCUT2D eigenvalue weighted by Gasteiger charge is 2.15. The Morgan fingerprint density at radius 1 is 1.53 bits per heavy atom. The molecule has 0 atom stereocenters. The fraction of sp³-hybridized carbons (Fsp3) is 0.636. The summed E-state index contributed by atoms with van der Waals surface area (Å²) < 4.78 is 7.07. The number of hydrogen-bond acceptors (Lipinski definition) is 4. The third-order valence-electron chi connectivity index (χ3n) is 2.00. The van der Waals surface area contributed by atoms with Crippen molar-refractivity contribution in [2.45, 2.75) is 46.4 Å². The molecule has 1 rings (SSSR count). The zero-order valence-corrected chi connectivity index (χ0v) is 10.8. The van der Waals surface area contributed by atoms with Gasteiger partial charge in [-0.3, -0.25) is 5.43 Å². The molecule has 0 aliphatic heterocycles. The molecule has 1 aromatic heterocycles. The van der Waals surface area contributed by atoms with Crippen LogP contribution in [-0.4, -0.2) is 21.2 Å². The van der Waals surface area contributed by atoms with Crippen LogP contribution in [0.3, 0.4) is 0 Å². The van der Waals surface area contributed by atoms with Gasteiger partial charge in [0.25, 0.3) is 0 Å².